The Morgan fingerprint density at radius 1 is 1.47 bits per heavy atom. The zero-order chi connectivity index (χ0) is 14.0. The van der Waals surface area contributed by atoms with Crippen molar-refractivity contribution < 1.29 is 9.53 Å². The minimum Gasteiger partial charge on any atom is -0.379 e. The van der Waals surface area contributed by atoms with E-state index in [0.717, 1.165) is 12.1 Å². The molecule has 5 heteroatoms. The zero-order valence-corrected chi connectivity index (χ0v) is 11.6. The molecule has 5 nitrogen and oxygen atoms in total. The highest BCUT2D eigenvalue weighted by atomic mass is 16.5. The standard InChI is InChI=1S/C14H20N2O3/c1-9(2)11-6-10(7-12(17)15-11)13(18)16-14(3)4-5-19-8-14/h6-7,9H,4-5,8H2,1-3H3,(H,15,17)(H,16,18). The summed E-state index contributed by atoms with van der Waals surface area (Å²) in [7, 11) is 0. The molecule has 2 heterocycles. The van der Waals surface area contributed by atoms with Crippen LogP contribution in [0.4, 0.5) is 0 Å². The molecule has 1 aliphatic rings. The van der Waals surface area contributed by atoms with Crippen LogP contribution in [0.2, 0.25) is 0 Å². The number of carbonyl (C=O) groups excluding carboxylic acids is 1. The van der Waals surface area contributed by atoms with E-state index in [1.165, 1.54) is 6.07 Å². The summed E-state index contributed by atoms with van der Waals surface area (Å²) in [6.07, 6.45) is 0.791. The van der Waals surface area contributed by atoms with E-state index in [0.29, 0.717) is 18.8 Å². The van der Waals surface area contributed by atoms with Crippen LogP contribution in [-0.4, -0.2) is 29.6 Å². The number of pyridine rings is 1. The van der Waals surface area contributed by atoms with Crippen LogP contribution in [0.15, 0.2) is 16.9 Å². The van der Waals surface area contributed by atoms with Gasteiger partial charge < -0.3 is 15.0 Å². The molecule has 1 amide bonds. The van der Waals surface area contributed by atoms with Gasteiger partial charge in [0.1, 0.15) is 0 Å². The van der Waals surface area contributed by atoms with Crippen molar-refractivity contribution in [2.75, 3.05) is 13.2 Å². The molecule has 1 aliphatic heterocycles. The van der Waals surface area contributed by atoms with E-state index in [-0.39, 0.29) is 22.9 Å². The number of aromatic nitrogens is 1. The lowest BCUT2D eigenvalue weighted by molar-refractivity contribution is 0.0889. The smallest absolute Gasteiger partial charge is 0.252 e. The number of hydrogen-bond donors (Lipinski definition) is 2. The van der Waals surface area contributed by atoms with E-state index in [1.54, 1.807) is 6.07 Å². The molecule has 1 saturated heterocycles. The van der Waals surface area contributed by atoms with E-state index >= 15 is 0 Å². The Balaban J connectivity index is 2.21. The first-order valence-corrected chi connectivity index (χ1v) is 6.54. The second kappa shape index (κ2) is 5.17. The van der Waals surface area contributed by atoms with Crippen molar-refractivity contribution in [3.8, 4) is 0 Å². The molecule has 2 N–H and O–H groups in total. The van der Waals surface area contributed by atoms with Gasteiger partial charge in [0.2, 0.25) is 5.56 Å². The minimum atomic E-state index is -0.336. The van der Waals surface area contributed by atoms with Gasteiger partial charge in [-0.1, -0.05) is 13.8 Å². The molecule has 0 bridgehead atoms. The summed E-state index contributed by atoms with van der Waals surface area (Å²) in [5.74, 6) is -0.0492. The van der Waals surface area contributed by atoms with Gasteiger partial charge >= 0.3 is 0 Å². The minimum absolute atomic E-state index is 0.172. The molecule has 1 aromatic heterocycles. The van der Waals surface area contributed by atoms with Crippen LogP contribution in [-0.2, 0) is 4.74 Å². The number of carbonyl (C=O) groups is 1. The van der Waals surface area contributed by atoms with Gasteiger partial charge in [-0.25, -0.2) is 0 Å². The monoisotopic (exact) mass is 264 g/mol. The Labute approximate surface area is 112 Å². The van der Waals surface area contributed by atoms with E-state index < -0.39 is 0 Å². The molecule has 1 aromatic rings. The fraction of sp³-hybridized carbons (Fsp3) is 0.571. The lowest BCUT2D eigenvalue weighted by Crippen LogP contribution is -2.46. The molecule has 0 radical (unpaired) electrons. The van der Waals surface area contributed by atoms with Crippen LogP contribution >= 0.6 is 0 Å². The number of amides is 1. The summed E-state index contributed by atoms with van der Waals surface area (Å²) in [6.45, 7) is 7.06. The fourth-order valence-corrected chi connectivity index (χ4v) is 2.12. The Bertz CT molecular complexity index is 528. The normalized spacial score (nSPS) is 22.7. The van der Waals surface area contributed by atoms with Crippen LogP contribution in [0.25, 0.3) is 0 Å². The third-order valence-electron chi connectivity index (χ3n) is 3.38. The average molecular weight is 264 g/mol. The summed E-state index contributed by atoms with van der Waals surface area (Å²) in [5.41, 5.74) is 0.591. The lowest BCUT2D eigenvalue weighted by Gasteiger charge is -2.23. The first-order valence-electron chi connectivity index (χ1n) is 6.54. The molecule has 0 saturated carbocycles. The predicted molar refractivity (Wildman–Crippen MR) is 72.5 cm³/mol. The Morgan fingerprint density at radius 3 is 2.79 bits per heavy atom. The first kappa shape index (κ1) is 13.8. The third-order valence-corrected chi connectivity index (χ3v) is 3.38. The predicted octanol–water partition coefficient (Wildman–Crippen LogP) is 1.41. The topological polar surface area (TPSA) is 71.2 Å². The first-order chi connectivity index (χ1) is 8.89. The van der Waals surface area contributed by atoms with Gasteiger partial charge in [-0.15, -0.1) is 0 Å². The SMILES string of the molecule is CC(C)c1cc(C(=O)NC2(C)CCOC2)cc(=O)[nH]1. The molecule has 19 heavy (non-hydrogen) atoms. The van der Waals surface area contributed by atoms with Crippen LogP contribution in [0.5, 0.6) is 0 Å². The summed E-state index contributed by atoms with van der Waals surface area (Å²) < 4.78 is 5.30. The number of aromatic amines is 1. The molecule has 1 atom stereocenters. The number of nitrogens with one attached hydrogen (secondary N) is 2. The quantitative estimate of drug-likeness (QED) is 0.867. The highest BCUT2D eigenvalue weighted by Gasteiger charge is 2.31. The van der Waals surface area contributed by atoms with Crippen molar-refractivity contribution in [2.24, 2.45) is 0 Å². The van der Waals surface area contributed by atoms with E-state index in [1.807, 2.05) is 20.8 Å². The van der Waals surface area contributed by atoms with Crippen molar-refractivity contribution in [3.63, 3.8) is 0 Å². The average Bonchev–Trinajstić information content (AvgIpc) is 2.74. The van der Waals surface area contributed by atoms with Crippen molar-refractivity contribution in [3.05, 3.63) is 33.7 Å². The second-order valence-electron chi connectivity index (χ2n) is 5.66. The summed E-state index contributed by atoms with van der Waals surface area (Å²) in [5, 5.41) is 2.95. The van der Waals surface area contributed by atoms with Gasteiger partial charge in [0, 0.05) is 23.9 Å². The van der Waals surface area contributed by atoms with Crippen molar-refractivity contribution in [1.29, 1.82) is 0 Å². The zero-order valence-electron chi connectivity index (χ0n) is 11.6. The molecule has 0 spiro atoms. The molecule has 0 aromatic carbocycles. The van der Waals surface area contributed by atoms with Crippen LogP contribution in [0.1, 0.15) is 49.2 Å². The number of hydrogen-bond acceptors (Lipinski definition) is 3. The fourth-order valence-electron chi connectivity index (χ4n) is 2.12. The van der Waals surface area contributed by atoms with Crippen molar-refractivity contribution in [1.82, 2.24) is 10.3 Å². The van der Waals surface area contributed by atoms with Gasteiger partial charge in [-0.05, 0) is 25.3 Å². The summed E-state index contributed by atoms with van der Waals surface area (Å²) >= 11 is 0. The molecule has 1 fully saturated rings. The van der Waals surface area contributed by atoms with E-state index in [9.17, 15) is 9.59 Å². The highest BCUT2D eigenvalue weighted by Crippen LogP contribution is 2.18. The summed E-state index contributed by atoms with van der Waals surface area (Å²) in [4.78, 5) is 26.5. The van der Waals surface area contributed by atoms with Gasteiger partial charge in [0.05, 0.1) is 12.1 Å². The molecule has 0 aliphatic carbocycles. The van der Waals surface area contributed by atoms with Crippen LogP contribution < -0.4 is 10.9 Å². The van der Waals surface area contributed by atoms with Crippen molar-refractivity contribution >= 4 is 5.91 Å². The largest absolute Gasteiger partial charge is 0.379 e. The maximum atomic E-state index is 12.2. The Kier molecular flexibility index (Phi) is 3.75. The third kappa shape index (κ3) is 3.23. The second-order valence-corrected chi connectivity index (χ2v) is 5.66. The Hall–Kier alpha value is -1.62. The van der Waals surface area contributed by atoms with E-state index in [4.69, 9.17) is 4.74 Å². The molecule has 104 valence electrons. The van der Waals surface area contributed by atoms with Crippen LogP contribution in [0.3, 0.4) is 0 Å². The molecule has 2 rings (SSSR count). The molecular weight excluding hydrogens is 244 g/mol. The highest BCUT2D eigenvalue weighted by molar-refractivity contribution is 5.94. The Morgan fingerprint density at radius 2 is 2.21 bits per heavy atom. The van der Waals surface area contributed by atoms with Crippen molar-refractivity contribution in [2.45, 2.75) is 38.6 Å². The van der Waals surface area contributed by atoms with Gasteiger partial charge in [-0.2, -0.15) is 0 Å². The molecular formula is C14H20N2O3. The van der Waals surface area contributed by atoms with Gasteiger partial charge in [0.25, 0.3) is 5.91 Å². The van der Waals surface area contributed by atoms with Gasteiger partial charge in [-0.3, -0.25) is 9.59 Å². The summed E-state index contributed by atoms with van der Waals surface area (Å²) in [6, 6.07) is 3.07. The van der Waals surface area contributed by atoms with Gasteiger partial charge in [0.15, 0.2) is 0 Å². The molecule has 1 unspecified atom stereocenters. The maximum absolute atomic E-state index is 12.2. The number of H-pyrrole nitrogens is 1. The number of rotatable bonds is 3. The maximum Gasteiger partial charge on any atom is 0.252 e. The number of ether oxygens (including phenoxy) is 1. The lowest BCUT2D eigenvalue weighted by atomic mass is 10.0. The van der Waals surface area contributed by atoms with E-state index in [2.05, 4.69) is 10.3 Å². The van der Waals surface area contributed by atoms with Crippen LogP contribution in [0, 0.1) is 0 Å².